The molecule has 5 nitrogen and oxygen atoms in total. The average molecular weight is 366 g/mol. The Bertz CT molecular complexity index is 846. The van der Waals surface area contributed by atoms with Crippen molar-refractivity contribution < 1.29 is 14.3 Å². The van der Waals surface area contributed by atoms with Crippen LogP contribution in [0.4, 0.5) is 11.4 Å². The molecule has 0 aliphatic carbocycles. The van der Waals surface area contributed by atoms with Gasteiger partial charge in [0.25, 0.3) is 0 Å². The largest absolute Gasteiger partial charge is 0.489 e. The predicted octanol–water partition coefficient (Wildman–Crippen LogP) is 4.01. The number of rotatable bonds is 5. The van der Waals surface area contributed by atoms with Crippen molar-refractivity contribution in [2.24, 2.45) is 5.41 Å². The number of amides is 2. The normalized spacial score (nSPS) is 16.1. The van der Waals surface area contributed by atoms with E-state index in [4.69, 9.17) is 4.74 Å². The highest BCUT2D eigenvalue weighted by atomic mass is 16.5. The van der Waals surface area contributed by atoms with Gasteiger partial charge in [-0.3, -0.25) is 9.59 Å². The van der Waals surface area contributed by atoms with Crippen LogP contribution in [0.5, 0.6) is 5.75 Å². The Morgan fingerprint density at radius 3 is 2.04 bits per heavy atom. The van der Waals surface area contributed by atoms with Gasteiger partial charge < -0.3 is 14.5 Å². The fourth-order valence-electron chi connectivity index (χ4n) is 3.39. The summed E-state index contributed by atoms with van der Waals surface area (Å²) < 4.78 is 5.93. The second-order valence-electron chi connectivity index (χ2n) is 7.15. The van der Waals surface area contributed by atoms with E-state index in [-0.39, 0.29) is 11.8 Å². The van der Waals surface area contributed by atoms with Crippen molar-refractivity contribution in [3.05, 3.63) is 54.1 Å². The molecule has 2 amide bonds. The molecular formula is C22H26N2O3. The highest BCUT2D eigenvalue weighted by Gasteiger charge is 2.45. The molecule has 0 fully saturated rings. The lowest BCUT2D eigenvalue weighted by atomic mass is 9.90. The second kappa shape index (κ2) is 7.43. The summed E-state index contributed by atoms with van der Waals surface area (Å²) in [5, 5.41) is 0. The minimum Gasteiger partial charge on any atom is -0.489 e. The van der Waals surface area contributed by atoms with Crippen molar-refractivity contribution >= 4 is 23.2 Å². The topological polar surface area (TPSA) is 49.9 Å². The quantitative estimate of drug-likeness (QED) is 0.751. The smallest absolute Gasteiger partial charge is 0.242 e. The molecule has 2 aromatic rings. The van der Waals surface area contributed by atoms with Crippen molar-refractivity contribution in [1.82, 2.24) is 0 Å². The van der Waals surface area contributed by atoms with Crippen LogP contribution in [0.2, 0.25) is 0 Å². The Morgan fingerprint density at radius 2 is 1.44 bits per heavy atom. The monoisotopic (exact) mass is 366 g/mol. The molecule has 1 aliphatic rings. The zero-order valence-corrected chi connectivity index (χ0v) is 16.4. The van der Waals surface area contributed by atoms with Gasteiger partial charge >= 0.3 is 0 Å². The Balaban J connectivity index is 1.99. The number of hydrogen-bond acceptors (Lipinski definition) is 3. The molecule has 142 valence electrons. The van der Waals surface area contributed by atoms with E-state index in [0.29, 0.717) is 31.1 Å². The van der Waals surface area contributed by atoms with E-state index in [9.17, 15) is 9.59 Å². The summed E-state index contributed by atoms with van der Waals surface area (Å²) >= 11 is 0. The van der Waals surface area contributed by atoms with Gasteiger partial charge in [-0.05, 0) is 45.4 Å². The third-order valence-electron chi connectivity index (χ3n) is 4.97. The summed E-state index contributed by atoms with van der Waals surface area (Å²) in [5.74, 6) is 0.310. The van der Waals surface area contributed by atoms with Gasteiger partial charge in [0.1, 0.15) is 17.8 Å². The summed E-state index contributed by atoms with van der Waals surface area (Å²) in [6, 6.07) is 15.5. The Morgan fingerprint density at radius 1 is 0.852 bits per heavy atom. The van der Waals surface area contributed by atoms with Gasteiger partial charge in [0.15, 0.2) is 0 Å². The van der Waals surface area contributed by atoms with E-state index in [1.165, 1.54) is 0 Å². The molecule has 0 aromatic heterocycles. The number of hydrogen-bond donors (Lipinski definition) is 0. The van der Waals surface area contributed by atoms with Gasteiger partial charge in [-0.25, -0.2) is 0 Å². The van der Waals surface area contributed by atoms with E-state index < -0.39 is 5.41 Å². The standard InChI is InChI=1S/C22H26N2O3/c1-5-23-18-13-12-17(27-15-16-10-8-7-9-11-16)14-19(18)24(6-2)21(26)22(3,4)20(23)25/h7-14H,5-6,15H2,1-4H3. The number of nitrogens with zero attached hydrogens (tertiary/aromatic N) is 2. The second-order valence-corrected chi connectivity index (χ2v) is 7.15. The zero-order valence-electron chi connectivity index (χ0n) is 16.4. The van der Waals surface area contributed by atoms with E-state index in [2.05, 4.69) is 0 Å². The van der Waals surface area contributed by atoms with Gasteiger partial charge in [-0.15, -0.1) is 0 Å². The van der Waals surface area contributed by atoms with Crippen molar-refractivity contribution in [3.8, 4) is 5.75 Å². The van der Waals surface area contributed by atoms with Crippen LogP contribution < -0.4 is 14.5 Å². The zero-order chi connectivity index (χ0) is 19.6. The Hall–Kier alpha value is -2.82. The molecule has 0 saturated carbocycles. The van der Waals surface area contributed by atoms with Crippen LogP contribution in [-0.2, 0) is 16.2 Å². The lowest BCUT2D eigenvalue weighted by Gasteiger charge is -2.27. The number of fused-ring (bicyclic) bond motifs is 1. The summed E-state index contributed by atoms with van der Waals surface area (Å²) in [4.78, 5) is 29.4. The van der Waals surface area contributed by atoms with Crippen molar-refractivity contribution in [3.63, 3.8) is 0 Å². The first-order valence-corrected chi connectivity index (χ1v) is 9.34. The van der Waals surface area contributed by atoms with Gasteiger partial charge in [0.2, 0.25) is 11.8 Å². The van der Waals surface area contributed by atoms with Crippen molar-refractivity contribution in [2.45, 2.75) is 34.3 Å². The lowest BCUT2D eigenvalue weighted by molar-refractivity contribution is -0.137. The molecule has 1 heterocycles. The van der Waals surface area contributed by atoms with Gasteiger partial charge in [0, 0.05) is 19.2 Å². The molecule has 5 heteroatoms. The number of benzene rings is 2. The highest BCUT2D eigenvalue weighted by Crippen LogP contribution is 2.40. The summed E-state index contributed by atoms with van der Waals surface area (Å²) in [5.41, 5.74) is 1.43. The van der Waals surface area contributed by atoms with Crippen molar-refractivity contribution in [1.29, 1.82) is 0 Å². The van der Waals surface area contributed by atoms with Gasteiger partial charge in [0.05, 0.1) is 11.4 Å². The first-order chi connectivity index (χ1) is 12.9. The number of carbonyl (C=O) groups is 2. The minimum absolute atomic E-state index is 0.176. The van der Waals surface area contributed by atoms with Crippen LogP contribution in [0.25, 0.3) is 0 Å². The maximum absolute atomic E-state index is 13.1. The van der Waals surface area contributed by atoms with E-state index in [0.717, 1.165) is 11.3 Å². The summed E-state index contributed by atoms with van der Waals surface area (Å²) in [6.07, 6.45) is 0. The molecule has 27 heavy (non-hydrogen) atoms. The maximum atomic E-state index is 13.1. The molecule has 0 spiro atoms. The third kappa shape index (κ3) is 3.42. The average Bonchev–Trinajstić information content (AvgIpc) is 2.74. The van der Waals surface area contributed by atoms with Crippen molar-refractivity contribution in [2.75, 3.05) is 22.9 Å². The lowest BCUT2D eigenvalue weighted by Crippen LogP contribution is -2.48. The van der Waals surface area contributed by atoms with Gasteiger partial charge in [-0.2, -0.15) is 0 Å². The Kier molecular flexibility index (Phi) is 5.22. The molecule has 2 aromatic carbocycles. The van der Waals surface area contributed by atoms with Crippen LogP contribution in [0.1, 0.15) is 33.3 Å². The fraction of sp³-hybridized carbons (Fsp3) is 0.364. The van der Waals surface area contributed by atoms with Crippen LogP contribution in [0.15, 0.2) is 48.5 Å². The number of ether oxygens (including phenoxy) is 1. The molecule has 0 unspecified atom stereocenters. The highest BCUT2D eigenvalue weighted by molar-refractivity contribution is 6.20. The van der Waals surface area contributed by atoms with Crippen LogP contribution >= 0.6 is 0 Å². The molecule has 0 saturated heterocycles. The molecular weight excluding hydrogens is 340 g/mol. The first kappa shape index (κ1) is 19.0. The predicted molar refractivity (Wildman–Crippen MR) is 107 cm³/mol. The first-order valence-electron chi connectivity index (χ1n) is 9.34. The van der Waals surface area contributed by atoms with Crippen LogP contribution in [0, 0.1) is 5.41 Å². The van der Waals surface area contributed by atoms with Gasteiger partial charge in [-0.1, -0.05) is 30.3 Å². The molecule has 0 bridgehead atoms. The summed E-state index contributed by atoms with van der Waals surface area (Å²) in [6.45, 7) is 8.67. The number of carbonyl (C=O) groups excluding carboxylic acids is 2. The fourth-order valence-corrected chi connectivity index (χ4v) is 3.39. The minimum atomic E-state index is -1.10. The molecule has 1 aliphatic heterocycles. The molecule has 0 N–H and O–H groups in total. The Labute approximate surface area is 160 Å². The van der Waals surface area contributed by atoms with E-state index >= 15 is 0 Å². The number of anilines is 2. The van der Waals surface area contributed by atoms with E-state index in [1.54, 1.807) is 23.6 Å². The molecule has 3 rings (SSSR count). The molecule has 0 atom stereocenters. The molecule has 0 radical (unpaired) electrons. The SMILES string of the molecule is CCN1C(=O)C(C)(C)C(=O)N(CC)c2cc(OCc3ccccc3)ccc21. The van der Waals surface area contributed by atoms with Crippen LogP contribution in [0.3, 0.4) is 0 Å². The third-order valence-corrected chi connectivity index (χ3v) is 4.97. The maximum Gasteiger partial charge on any atom is 0.242 e. The van der Waals surface area contributed by atoms with Crippen LogP contribution in [-0.4, -0.2) is 24.9 Å². The van der Waals surface area contributed by atoms with E-state index in [1.807, 2.05) is 62.4 Å². The summed E-state index contributed by atoms with van der Waals surface area (Å²) in [7, 11) is 0.